The summed E-state index contributed by atoms with van der Waals surface area (Å²) < 4.78 is 44.0. The summed E-state index contributed by atoms with van der Waals surface area (Å²) >= 11 is 0. The van der Waals surface area contributed by atoms with E-state index in [1.54, 1.807) is 42.5 Å². The molecule has 0 aromatic heterocycles. The number of hydrogen-bond donors (Lipinski definition) is 2. The second-order valence-corrected chi connectivity index (χ2v) is 8.65. The number of ether oxygens (including phenoxy) is 3. The average Bonchev–Trinajstić information content (AvgIpc) is 2.84. The maximum Gasteiger partial charge on any atom is 0.271 e. The van der Waals surface area contributed by atoms with E-state index in [1.807, 2.05) is 0 Å². The summed E-state index contributed by atoms with van der Waals surface area (Å²) in [5.74, 6) is 1.32. The molecule has 1 heterocycles. The van der Waals surface area contributed by atoms with E-state index in [4.69, 9.17) is 14.2 Å². The fraction of sp³-hybridized carbons (Fsp3) is 0.130. The van der Waals surface area contributed by atoms with E-state index in [0.717, 1.165) is 0 Å². The van der Waals surface area contributed by atoms with Crippen molar-refractivity contribution in [2.45, 2.75) is 4.90 Å². The molecule has 0 radical (unpaired) electrons. The van der Waals surface area contributed by atoms with Crippen LogP contribution in [-0.4, -0.2) is 40.9 Å². The Morgan fingerprint density at radius 3 is 2.52 bits per heavy atom. The van der Waals surface area contributed by atoms with Gasteiger partial charge in [-0.3, -0.25) is 9.52 Å². The molecular formula is C23H21N3O6S. The third kappa shape index (κ3) is 5.42. The molecule has 1 aliphatic rings. The summed E-state index contributed by atoms with van der Waals surface area (Å²) in [5, 5.41) is 3.94. The minimum Gasteiger partial charge on any atom is -0.497 e. The van der Waals surface area contributed by atoms with Crippen LogP contribution in [0, 0.1) is 0 Å². The van der Waals surface area contributed by atoms with Gasteiger partial charge in [0.25, 0.3) is 15.9 Å². The Kier molecular flexibility index (Phi) is 6.45. The second kappa shape index (κ2) is 9.61. The molecule has 0 aliphatic carbocycles. The minimum atomic E-state index is -3.90. The van der Waals surface area contributed by atoms with Gasteiger partial charge >= 0.3 is 0 Å². The number of amides is 1. The van der Waals surface area contributed by atoms with Gasteiger partial charge in [-0.05, 0) is 66.2 Å². The van der Waals surface area contributed by atoms with Crippen LogP contribution in [0.15, 0.2) is 76.7 Å². The SMILES string of the molecule is COc1ccc(NS(=O)(=O)c2cccc(C(=O)N/N=C/c3ccc4c(c3)OCCO4)c2)cc1. The number of anilines is 1. The van der Waals surface area contributed by atoms with Crippen LogP contribution in [-0.2, 0) is 10.0 Å². The number of benzene rings is 3. The van der Waals surface area contributed by atoms with Crippen molar-refractivity contribution >= 4 is 27.8 Å². The highest BCUT2D eigenvalue weighted by Gasteiger charge is 2.17. The van der Waals surface area contributed by atoms with E-state index < -0.39 is 15.9 Å². The molecule has 0 saturated heterocycles. The van der Waals surface area contributed by atoms with Crippen molar-refractivity contribution in [2.75, 3.05) is 25.0 Å². The van der Waals surface area contributed by atoms with Crippen LogP contribution in [0.4, 0.5) is 5.69 Å². The van der Waals surface area contributed by atoms with E-state index >= 15 is 0 Å². The van der Waals surface area contributed by atoms with Gasteiger partial charge in [-0.2, -0.15) is 5.10 Å². The van der Waals surface area contributed by atoms with Gasteiger partial charge in [0.15, 0.2) is 11.5 Å². The van der Waals surface area contributed by atoms with Gasteiger partial charge in [-0.15, -0.1) is 0 Å². The quantitative estimate of drug-likeness (QED) is 0.408. The minimum absolute atomic E-state index is 0.0539. The van der Waals surface area contributed by atoms with E-state index in [0.29, 0.717) is 41.7 Å². The van der Waals surface area contributed by atoms with Crippen LogP contribution < -0.4 is 24.4 Å². The number of hydrogen-bond acceptors (Lipinski definition) is 7. The van der Waals surface area contributed by atoms with Crippen molar-refractivity contribution in [3.63, 3.8) is 0 Å². The Morgan fingerprint density at radius 2 is 1.76 bits per heavy atom. The van der Waals surface area contributed by atoms with Gasteiger partial charge < -0.3 is 14.2 Å². The van der Waals surface area contributed by atoms with Crippen LogP contribution in [0.2, 0.25) is 0 Å². The van der Waals surface area contributed by atoms with Gasteiger partial charge in [0, 0.05) is 11.3 Å². The molecule has 3 aromatic rings. The Balaban J connectivity index is 1.43. The van der Waals surface area contributed by atoms with Crippen LogP contribution in [0.5, 0.6) is 17.2 Å². The zero-order valence-electron chi connectivity index (χ0n) is 17.6. The van der Waals surface area contributed by atoms with Crippen molar-refractivity contribution in [1.82, 2.24) is 5.43 Å². The lowest BCUT2D eigenvalue weighted by Gasteiger charge is -2.18. The predicted octanol–water partition coefficient (Wildman–Crippen LogP) is 3.03. The molecule has 0 bridgehead atoms. The van der Waals surface area contributed by atoms with Crippen molar-refractivity contribution < 1.29 is 27.4 Å². The van der Waals surface area contributed by atoms with Crippen molar-refractivity contribution in [2.24, 2.45) is 5.10 Å². The number of methoxy groups -OCH3 is 1. The highest BCUT2D eigenvalue weighted by molar-refractivity contribution is 7.92. The fourth-order valence-corrected chi connectivity index (χ4v) is 4.15. The third-order valence-corrected chi connectivity index (χ3v) is 6.07. The lowest BCUT2D eigenvalue weighted by molar-refractivity contribution is 0.0955. The number of sulfonamides is 1. The van der Waals surface area contributed by atoms with Crippen molar-refractivity contribution in [1.29, 1.82) is 0 Å². The van der Waals surface area contributed by atoms with E-state index in [-0.39, 0.29) is 10.5 Å². The summed E-state index contributed by atoms with van der Waals surface area (Å²) in [6.45, 7) is 0.970. The Bertz CT molecular complexity index is 1290. The van der Waals surface area contributed by atoms with Crippen molar-refractivity contribution in [3.8, 4) is 17.2 Å². The predicted molar refractivity (Wildman–Crippen MR) is 123 cm³/mol. The van der Waals surface area contributed by atoms with E-state index in [1.165, 1.54) is 37.6 Å². The number of carbonyl (C=O) groups excluding carboxylic acids is 1. The van der Waals surface area contributed by atoms with Gasteiger partial charge in [-0.1, -0.05) is 6.07 Å². The maximum atomic E-state index is 12.7. The summed E-state index contributed by atoms with van der Waals surface area (Å²) in [7, 11) is -2.37. The lowest BCUT2D eigenvalue weighted by atomic mass is 10.2. The van der Waals surface area contributed by atoms with Crippen molar-refractivity contribution in [3.05, 3.63) is 77.9 Å². The molecule has 33 heavy (non-hydrogen) atoms. The van der Waals surface area contributed by atoms with Crippen LogP contribution in [0.25, 0.3) is 0 Å². The molecule has 0 spiro atoms. The standard InChI is InChI=1S/C23H21N3O6S/c1-30-19-8-6-18(7-9-19)26-33(28,29)20-4-2-3-17(14-20)23(27)25-24-15-16-5-10-21-22(13-16)32-12-11-31-21/h2-10,13-15,26H,11-12H2,1H3,(H,25,27)/b24-15+. The van der Waals surface area contributed by atoms with E-state index in [2.05, 4.69) is 15.2 Å². The lowest BCUT2D eigenvalue weighted by Crippen LogP contribution is -2.19. The third-order valence-electron chi connectivity index (χ3n) is 4.69. The summed E-state index contributed by atoms with van der Waals surface area (Å²) in [6, 6.07) is 17.4. The number of nitrogens with one attached hydrogen (secondary N) is 2. The first-order valence-electron chi connectivity index (χ1n) is 9.94. The molecular weight excluding hydrogens is 446 g/mol. The molecule has 0 fully saturated rings. The zero-order valence-corrected chi connectivity index (χ0v) is 18.5. The first-order chi connectivity index (χ1) is 15.9. The molecule has 2 N–H and O–H groups in total. The largest absolute Gasteiger partial charge is 0.497 e. The van der Waals surface area contributed by atoms with Gasteiger partial charge in [0.2, 0.25) is 0 Å². The Hall–Kier alpha value is -4.05. The van der Waals surface area contributed by atoms with Gasteiger partial charge in [-0.25, -0.2) is 13.8 Å². The number of fused-ring (bicyclic) bond motifs is 1. The van der Waals surface area contributed by atoms with E-state index in [9.17, 15) is 13.2 Å². The number of carbonyl (C=O) groups is 1. The summed E-state index contributed by atoms with van der Waals surface area (Å²) in [6.07, 6.45) is 1.46. The molecule has 0 atom stereocenters. The summed E-state index contributed by atoms with van der Waals surface area (Å²) in [4.78, 5) is 12.4. The Labute approximate surface area is 191 Å². The molecule has 10 heteroatoms. The zero-order chi connectivity index (χ0) is 23.3. The average molecular weight is 468 g/mol. The second-order valence-electron chi connectivity index (χ2n) is 6.96. The highest BCUT2D eigenvalue weighted by atomic mass is 32.2. The van der Waals surface area contributed by atoms with Gasteiger partial charge in [0.05, 0.1) is 18.2 Å². The molecule has 0 unspecified atom stereocenters. The van der Waals surface area contributed by atoms with Gasteiger partial charge in [0.1, 0.15) is 19.0 Å². The molecule has 1 amide bonds. The number of hydrazone groups is 1. The molecule has 9 nitrogen and oxygen atoms in total. The Morgan fingerprint density at radius 1 is 1.00 bits per heavy atom. The van der Waals surface area contributed by atoms with Crippen LogP contribution in [0.1, 0.15) is 15.9 Å². The fourth-order valence-electron chi connectivity index (χ4n) is 3.05. The number of rotatable bonds is 7. The smallest absolute Gasteiger partial charge is 0.271 e. The molecule has 0 saturated carbocycles. The summed E-state index contributed by atoms with van der Waals surface area (Å²) in [5.41, 5.74) is 3.62. The monoisotopic (exact) mass is 467 g/mol. The first-order valence-corrected chi connectivity index (χ1v) is 11.4. The first kappa shape index (κ1) is 22.2. The molecule has 4 rings (SSSR count). The van der Waals surface area contributed by atoms with Crippen LogP contribution >= 0.6 is 0 Å². The molecule has 3 aromatic carbocycles. The number of nitrogens with zero attached hydrogens (tertiary/aromatic N) is 1. The maximum absolute atomic E-state index is 12.7. The van der Waals surface area contributed by atoms with Crippen LogP contribution in [0.3, 0.4) is 0 Å². The molecule has 170 valence electrons. The molecule has 1 aliphatic heterocycles. The topological polar surface area (TPSA) is 115 Å². The highest BCUT2D eigenvalue weighted by Crippen LogP contribution is 2.30. The normalized spacial score (nSPS) is 12.9.